The van der Waals surface area contributed by atoms with E-state index in [9.17, 15) is 12.8 Å². The molecule has 0 aliphatic carbocycles. The molecule has 0 atom stereocenters. The zero-order valence-corrected chi connectivity index (χ0v) is 14.6. The second-order valence-corrected chi connectivity index (χ2v) is 7.03. The highest BCUT2D eigenvalue weighted by atomic mass is 32.2. The van der Waals surface area contributed by atoms with Gasteiger partial charge in [0.1, 0.15) is 5.82 Å². The molecule has 24 heavy (non-hydrogen) atoms. The molecule has 0 spiro atoms. The number of halogens is 1. The van der Waals surface area contributed by atoms with Crippen LogP contribution in [0.2, 0.25) is 0 Å². The lowest BCUT2D eigenvalue weighted by Crippen LogP contribution is -2.21. The molecule has 0 bridgehead atoms. The van der Waals surface area contributed by atoms with Crippen molar-refractivity contribution < 1.29 is 12.8 Å². The fourth-order valence-electron chi connectivity index (χ4n) is 2.10. The number of hydrogen-bond donors (Lipinski definition) is 1. The molecule has 2 aromatic carbocycles. The molecule has 0 aliphatic heterocycles. The number of hydrogen-bond acceptors (Lipinski definition) is 3. The minimum absolute atomic E-state index is 0.0362. The van der Waals surface area contributed by atoms with Gasteiger partial charge in [-0.25, -0.2) is 17.5 Å². The van der Waals surface area contributed by atoms with Crippen molar-refractivity contribution in [1.29, 1.82) is 0 Å². The first kappa shape index (κ1) is 18.2. The van der Waals surface area contributed by atoms with Crippen LogP contribution in [0.1, 0.15) is 18.1 Å². The molecular formula is C18H21FN2O2S. The molecule has 2 rings (SSSR count). The van der Waals surface area contributed by atoms with Crippen LogP contribution in [0, 0.1) is 5.82 Å². The van der Waals surface area contributed by atoms with Gasteiger partial charge >= 0.3 is 0 Å². The summed E-state index contributed by atoms with van der Waals surface area (Å²) in [5.74, 6) is -0.365. The first-order valence-corrected chi connectivity index (χ1v) is 9.18. The largest absolute Gasteiger partial charge is 0.373 e. The molecule has 1 N–H and O–H groups in total. The lowest BCUT2D eigenvalue weighted by atomic mass is 10.2. The van der Waals surface area contributed by atoms with Gasteiger partial charge in [-0.15, -0.1) is 0 Å². The van der Waals surface area contributed by atoms with E-state index < -0.39 is 10.0 Å². The Hall–Kier alpha value is -2.18. The number of nitrogens with one attached hydrogen (secondary N) is 1. The molecular weight excluding hydrogens is 327 g/mol. The van der Waals surface area contributed by atoms with Crippen LogP contribution in [-0.4, -0.2) is 22.0 Å². The summed E-state index contributed by atoms with van der Waals surface area (Å²) in [5.41, 5.74) is 1.85. The molecule has 0 heterocycles. The van der Waals surface area contributed by atoms with Crippen LogP contribution >= 0.6 is 0 Å². The minimum Gasteiger partial charge on any atom is -0.373 e. The summed E-state index contributed by atoms with van der Waals surface area (Å²) in [6.45, 7) is 2.65. The molecule has 0 aliphatic rings. The van der Waals surface area contributed by atoms with Crippen molar-refractivity contribution in [3.05, 3.63) is 70.9 Å². The van der Waals surface area contributed by atoms with Gasteiger partial charge in [-0.05, 0) is 36.3 Å². The Kier molecular flexibility index (Phi) is 6.11. The number of sulfonamides is 1. The molecule has 0 saturated heterocycles. The zero-order valence-electron chi connectivity index (χ0n) is 13.7. The van der Waals surface area contributed by atoms with Gasteiger partial charge in [0.25, 0.3) is 0 Å². The van der Waals surface area contributed by atoms with Gasteiger partial charge in [0, 0.05) is 25.5 Å². The minimum atomic E-state index is -3.59. The SMILES string of the molecule is CCN(C)c1ccc(CNS(=O)(=O)C=Cc2ccccc2)cc1F. The van der Waals surface area contributed by atoms with Crippen molar-refractivity contribution in [2.45, 2.75) is 13.5 Å². The fourth-order valence-corrected chi connectivity index (χ4v) is 2.90. The lowest BCUT2D eigenvalue weighted by molar-refractivity contribution is 0.589. The van der Waals surface area contributed by atoms with Gasteiger partial charge in [0.15, 0.2) is 0 Å². The normalized spacial score (nSPS) is 11.8. The van der Waals surface area contributed by atoms with E-state index >= 15 is 0 Å². The summed E-state index contributed by atoms with van der Waals surface area (Å²) in [6.07, 6.45) is 1.52. The van der Waals surface area contributed by atoms with E-state index in [2.05, 4.69) is 4.72 Å². The summed E-state index contributed by atoms with van der Waals surface area (Å²) in [6, 6.07) is 13.9. The van der Waals surface area contributed by atoms with Crippen LogP contribution in [-0.2, 0) is 16.6 Å². The molecule has 6 heteroatoms. The summed E-state index contributed by atoms with van der Waals surface area (Å²) in [7, 11) is -1.78. The monoisotopic (exact) mass is 348 g/mol. The van der Waals surface area contributed by atoms with E-state index in [1.54, 1.807) is 24.1 Å². The molecule has 4 nitrogen and oxygen atoms in total. The van der Waals surface area contributed by atoms with Crippen LogP contribution in [0.5, 0.6) is 0 Å². The summed E-state index contributed by atoms with van der Waals surface area (Å²) in [5, 5.41) is 1.11. The maximum absolute atomic E-state index is 14.0. The summed E-state index contributed by atoms with van der Waals surface area (Å²) in [4.78, 5) is 1.78. The quantitative estimate of drug-likeness (QED) is 0.835. The lowest BCUT2D eigenvalue weighted by Gasteiger charge is -2.18. The molecule has 0 fully saturated rings. The standard InChI is InChI=1S/C18H21FN2O2S/c1-3-21(2)18-10-9-16(13-17(18)19)14-20-24(22,23)12-11-15-7-5-4-6-8-15/h4-13,20H,3,14H2,1-2H3. The Morgan fingerprint density at radius 3 is 2.50 bits per heavy atom. The molecule has 0 amide bonds. The Bertz CT molecular complexity index is 805. The summed E-state index contributed by atoms with van der Waals surface area (Å²) >= 11 is 0. The van der Waals surface area contributed by atoms with Gasteiger partial charge in [0.05, 0.1) is 5.69 Å². The van der Waals surface area contributed by atoms with Gasteiger partial charge < -0.3 is 4.90 Å². The number of anilines is 1. The second-order valence-electron chi connectivity index (χ2n) is 5.38. The topological polar surface area (TPSA) is 49.4 Å². The van der Waals surface area contributed by atoms with Crippen molar-refractivity contribution in [3.63, 3.8) is 0 Å². The Labute approximate surface area is 142 Å². The van der Waals surface area contributed by atoms with Crippen molar-refractivity contribution in [2.75, 3.05) is 18.5 Å². The predicted octanol–water partition coefficient (Wildman–Crippen LogP) is 3.37. The van der Waals surface area contributed by atoms with E-state index in [0.29, 0.717) is 17.8 Å². The Morgan fingerprint density at radius 1 is 1.17 bits per heavy atom. The molecule has 0 saturated carbocycles. The van der Waals surface area contributed by atoms with Crippen LogP contribution in [0.4, 0.5) is 10.1 Å². The van der Waals surface area contributed by atoms with E-state index in [0.717, 1.165) is 11.0 Å². The van der Waals surface area contributed by atoms with Crippen LogP contribution in [0.15, 0.2) is 53.9 Å². The molecule has 2 aromatic rings. The summed E-state index contributed by atoms with van der Waals surface area (Å²) < 4.78 is 40.5. The maximum Gasteiger partial charge on any atom is 0.234 e. The van der Waals surface area contributed by atoms with Crippen molar-refractivity contribution in [1.82, 2.24) is 4.72 Å². The predicted molar refractivity (Wildman–Crippen MR) is 96.6 cm³/mol. The highest BCUT2D eigenvalue weighted by molar-refractivity contribution is 7.92. The van der Waals surface area contributed by atoms with E-state index in [1.165, 1.54) is 12.1 Å². The third-order valence-corrected chi connectivity index (χ3v) is 4.66. The average molecular weight is 348 g/mol. The second kappa shape index (κ2) is 8.08. The smallest absolute Gasteiger partial charge is 0.234 e. The first-order valence-electron chi connectivity index (χ1n) is 7.63. The van der Waals surface area contributed by atoms with E-state index in [1.807, 2.05) is 37.3 Å². The fraction of sp³-hybridized carbons (Fsp3) is 0.222. The van der Waals surface area contributed by atoms with Gasteiger partial charge in [0.2, 0.25) is 10.0 Å². The van der Waals surface area contributed by atoms with E-state index in [-0.39, 0.29) is 12.4 Å². The highest BCUT2D eigenvalue weighted by Crippen LogP contribution is 2.19. The van der Waals surface area contributed by atoms with Crippen LogP contribution in [0.25, 0.3) is 6.08 Å². The number of nitrogens with zero attached hydrogens (tertiary/aromatic N) is 1. The molecule has 0 radical (unpaired) electrons. The van der Waals surface area contributed by atoms with Crippen LogP contribution in [0.3, 0.4) is 0 Å². The maximum atomic E-state index is 14.0. The molecule has 128 valence electrons. The van der Waals surface area contributed by atoms with Gasteiger partial charge in [-0.1, -0.05) is 36.4 Å². The third kappa shape index (κ3) is 5.18. The molecule has 0 unspecified atom stereocenters. The van der Waals surface area contributed by atoms with Crippen LogP contribution < -0.4 is 9.62 Å². The van der Waals surface area contributed by atoms with Gasteiger partial charge in [-0.2, -0.15) is 0 Å². The van der Waals surface area contributed by atoms with Crippen molar-refractivity contribution >= 4 is 21.8 Å². The van der Waals surface area contributed by atoms with Gasteiger partial charge in [-0.3, -0.25) is 0 Å². The average Bonchev–Trinajstić information content (AvgIpc) is 2.59. The Balaban J connectivity index is 2.02. The zero-order chi connectivity index (χ0) is 17.6. The van der Waals surface area contributed by atoms with E-state index in [4.69, 9.17) is 0 Å². The highest BCUT2D eigenvalue weighted by Gasteiger charge is 2.09. The molecule has 0 aromatic heterocycles. The number of rotatable bonds is 7. The number of benzene rings is 2. The van der Waals surface area contributed by atoms with Crippen molar-refractivity contribution in [3.8, 4) is 0 Å². The van der Waals surface area contributed by atoms with Crippen molar-refractivity contribution in [2.24, 2.45) is 0 Å². The Morgan fingerprint density at radius 2 is 1.88 bits per heavy atom. The third-order valence-electron chi connectivity index (χ3n) is 3.61. The first-order chi connectivity index (χ1) is 11.4.